The lowest BCUT2D eigenvalue weighted by molar-refractivity contribution is -0.274. The Labute approximate surface area is 103 Å². The highest BCUT2D eigenvalue weighted by atomic mass is 79.9. The Balaban J connectivity index is 2.92. The summed E-state index contributed by atoms with van der Waals surface area (Å²) in [5.41, 5.74) is 0.292. The van der Waals surface area contributed by atoms with Crippen LogP contribution in [0.2, 0.25) is 0 Å². The summed E-state index contributed by atoms with van der Waals surface area (Å²) >= 11 is 3.03. The number of hydrogen-bond donors (Lipinski definition) is 2. The second-order valence-corrected chi connectivity index (χ2v) is 3.46. The van der Waals surface area contributed by atoms with E-state index in [-0.39, 0.29) is 11.1 Å². The van der Waals surface area contributed by atoms with E-state index in [1.54, 1.807) is 0 Å². The van der Waals surface area contributed by atoms with Gasteiger partial charge in [0.05, 0.1) is 0 Å². The van der Waals surface area contributed by atoms with E-state index >= 15 is 0 Å². The first-order valence-electron chi connectivity index (χ1n) is 4.29. The zero-order valence-corrected chi connectivity index (χ0v) is 9.83. The van der Waals surface area contributed by atoms with Crippen molar-refractivity contribution in [2.24, 2.45) is 0 Å². The molecule has 0 spiro atoms. The summed E-state index contributed by atoms with van der Waals surface area (Å²) in [6, 6.07) is 3.24. The molecule has 9 heteroatoms. The van der Waals surface area contributed by atoms with Crippen LogP contribution in [0.3, 0.4) is 0 Å². The lowest BCUT2D eigenvalue weighted by atomic mass is 10.2. The molecule has 2 N–H and O–H groups in total. The standard InChI is InChI=1S/C8H7BBrF3O4/c10-4-5-3-6(16-8(11,12)13)1-2-7(5)17-9(14)15/h1-3,14-15H,4H2. The number of benzene rings is 1. The van der Waals surface area contributed by atoms with Crippen LogP contribution in [0.1, 0.15) is 5.56 Å². The van der Waals surface area contributed by atoms with Gasteiger partial charge in [0, 0.05) is 10.9 Å². The van der Waals surface area contributed by atoms with E-state index < -0.39 is 19.4 Å². The van der Waals surface area contributed by atoms with Gasteiger partial charge in [-0.15, -0.1) is 13.2 Å². The minimum absolute atomic E-state index is 0.0476. The maximum Gasteiger partial charge on any atom is 0.707 e. The average Bonchev–Trinajstić information content (AvgIpc) is 2.17. The van der Waals surface area contributed by atoms with Crippen LogP contribution in [0.5, 0.6) is 11.5 Å². The SMILES string of the molecule is OB(O)Oc1ccc(OC(F)(F)F)cc1CBr. The number of rotatable bonds is 4. The predicted octanol–water partition coefficient (Wildman–Crippen LogP) is 1.83. The van der Waals surface area contributed by atoms with E-state index in [0.29, 0.717) is 5.56 Å². The van der Waals surface area contributed by atoms with Crippen molar-refractivity contribution >= 4 is 23.3 Å². The van der Waals surface area contributed by atoms with Gasteiger partial charge in [0.15, 0.2) is 0 Å². The molecular formula is C8H7BBrF3O4. The van der Waals surface area contributed by atoms with Gasteiger partial charge < -0.3 is 19.4 Å². The van der Waals surface area contributed by atoms with Crippen molar-refractivity contribution in [1.29, 1.82) is 0 Å². The van der Waals surface area contributed by atoms with Gasteiger partial charge in [-0.3, -0.25) is 0 Å². The van der Waals surface area contributed by atoms with Crippen LogP contribution in [0.4, 0.5) is 13.2 Å². The second-order valence-electron chi connectivity index (χ2n) is 2.90. The molecule has 0 unspecified atom stereocenters. The Morgan fingerprint density at radius 3 is 2.41 bits per heavy atom. The third-order valence-electron chi connectivity index (χ3n) is 1.64. The highest BCUT2D eigenvalue weighted by Crippen LogP contribution is 2.29. The Morgan fingerprint density at radius 1 is 1.29 bits per heavy atom. The highest BCUT2D eigenvalue weighted by Gasteiger charge is 2.31. The molecule has 0 aromatic heterocycles. The van der Waals surface area contributed by atoms with Gasteiger partial charge in [-0.1, -0.05) is 15.9 Å². The van der Waals surface area contributed by atoms with Gasteiger partial charge >= 0.3 is 13.7 Å². The Kier molecular flexibility index (Phi) is 4.66. The van der Waals surface area contributed by atoms with Crippen molar-refractivity contribution in [1.82, 2.24) is 0 Å². The van der Waals surface area contributed by atoms with Gasteiger partial charge in [0.25, 0.3) is 0 Å². The first-order chi connectivity index (χ1) is 7.81. The van der Waals surface area contributed by atoms with Gasteiger partial charge in [-0.2, -0.15) is 0 Å². The van der Waals surface area contributed by atoms with Gasteiger partial charge in [-0.25, -0.2) is 0 Å². The van der Waals surface area contributed by atoms with Crippen molar-refractivity contribution in [3.05, 3.63) is 23.8 Å². The van der Waals surface area contributed by atoms with E-state index in [1.165, 1.54) is 0 Å². The van der Waals surface area contributed by atoms with E-state index in [2.05, 4.69) is 25.3 Å². The van der Waals surface area contributed by atoms with Crippen LogP contribution in [-0.4, -0.2) is 23.7 Å². The fourth-order valence-corrected chi connectivity index (χ4v) is 1.52. The van der Waals surface area contributed by atoms with Crippen LogP contribution in [0, 0.1) is 0 Å². The average molecular weight is 315 g/mol. The molecule has 0 aliphatic carbocycles. The summed E-state index contributed by atoms with van der Waals surface area (Å²) in [6.07, 6.45) is -4.78. The van der Waals surface area contributed by atoms with E-state index in [9.17, 15) is 13.2 Å². The van der Waals surface area contributed by atoms with Crippen molar-refractivity contribution in [2.45, 2.75) is 11.7 Å². The normalized spacial score (nSPS) is 11.2. The molecule has 17 heavy (non-hydrogen) atoms. The van der Waals surface area contributed by atoms with Crippen molar-refractivity contribution in [3.8, 4) is 11.5 Å². The summed E-state index contributed by atoms with van der Waals surface area (Å²) < 4.78 is 44.1. The molecule has 0 aliphatic rings. The monoisotopic (exact) mass is 314 g/mol. The highest BCUT2D eigenvalue weighted by molar-refractivity contribution is 9.08. The molecule has 1 rings (SSSR count). The molecule has 94 valence electrons. The largest absolute Gasteiger partial charge is 0.707 e. The summed E-state index contributed by atoms with van der Waals surface area (Å²) in [5, 5.41) is 17.3. The maximum absolute atomic E-state index is 11.9. The number of halogens is 4. The minimum Gasteiger partial charge on any atom is -0.512 e. The third-order valence-corrected chi connectivity index (χ3v) is 2.25. The molecule has 1 aromatic carbocycles. The van der Waals surface area contributed by atoms with E-state index in [1.807, 2.05) is 0 Å². The first-order valence-corrected chi connectivity index (χ1v) is 5.41. The molecular weight excluding hydrogens is 308 g/mol. The molecule has 1 aromatic rings. The zero-order chi connectivity index (χ0) is 13.1. The molecule has 0 heterocycles. The number of ether oxygens (including phenoxy) is 1. The van der Waals surface area contributed by atoms with Crippen molar-refractivity contribution in [3.63, 3.8) is 0 Å². The smallest absolute Gasteiger partial charge is 0.512 e. The fourth-order valence-electron chi connectivity index (χ4n) is 1.09. The molecule has 0 bridgehead atoms. The molecule has 0 radical (unpaired) electrons. The lowest BCUT2D eigenvalue weighted by Crippen LogP contribution is -2.21. The Bertz CT molecular complexity index is 386. The molecule has 0 saturated carbocycles. The zero-order valence-electron chi connectivity index (χ0n) is 8.24. The number of alkyl halides is 4. The quantitative estimate of drug-likeness (QED) is 0.657. The maximum atomic E-state index is 11.9. The summed E-state index contributed by atoms with van der Waals surface area (Å²) in [7, 11) is -2.04. The topological polar surface area (TPSA) is 58.9 Å². The van der Waals surface area contributed by atoms with Gasteiger partial charge in [0.2, 0.25) is 0 Å². The second kappa shape index (κ2) is 5.61. The third kappa shape index (κ3) is 4.84. The molecule has 0 amide bonds. The van der Waals surface area contributed by atoms with Crippen LogP contribution in [0.25, 0.3) is 0 Å². The Morgan fingerprint density at radius 2 is 1.94 bits per heavy atom. The van der Waals surface area contributed by atoms with Crippen LogP contribution >= 0.6 is 15.9 Å². The van der Waals surface area contributed by atoms with Crippen molar-refractivity contribution < 1.29 is 32.6 Å². The first kappa shape index (κ1) is 14.1. The molecule has 0 atom stereocenters. The van der Waals surface area contributed by atoms with Gasteiger partial charge in [0.1, 0.15) is 11.5 Å². The lowest BCUT2D eigenvalue weighted by Gasteiger charge is -2.13. The molecule has 0 fully saturated rings. The van der Waals surface area contributed by atoms with Gasteiger partial charge in [-0.05, 0) is 18.2 Å². The summed E-state index contributed by atoms with van der Waals surface area (Å²) in [6.45, 7) is 0. The fraction of sp³-hybridized carbons (Fsp3) is 0.250. The van der Waals surface area contributed by atoms with Crippen molar-refractivity contribution in [2.75, 3.05) is 0 Å². The number of hydrogen-bond acceptors (Lipinski definition) is 4. The predicted molar refractivity (Wildman–Crippen MR) is 56.6 cm³/mol. The van der Waals surface area contributed by atoms with Crippen LogP contribution in [0.15, 0.2) is 18.2 Å². The van der Waals surface area contributed by atoms with Crippen LogP contribution in [-0.2, 0) is 5.33 Å². The van der Waals surface area contributed by atoms with E-state index in [0.717, 1.165) is 18.2 Å². The summed E-state index contributed by atoms with van der Waals surface area (Å²) in [4.78, 5) is 0. The summed E-state index contributed by atoms with van der Waals surface area (Å²) in [5.74, 6) is -0.363. The van der Waals surface area contributed by atoms with E-state index in [4.69, 9.17) is 10.0 Å². The molecule has 0 saturated heterocycles. The molecule has 4 nitrogen and oxygen atoms in total. The minimum atomic E-state index is -4.78. The Hall–Kier alpha value is -0.925. The van der Waals surface area contributed by atoms with Crippen LogP contribution < -0.4 is 9.39 Å². The molecule has 0 aliphatic heterocycles.